The second-order valence-corrected chi connectivity index (χ2v) is 7.14. The molecule has 0 unspecified atom stereocenters. The van der Waals surface area contributed by atoms with Gasteiger partial charge >= 0.3 is 0 Å². The molecule has 2 atom stereocenters. The largest absolute Gasteiger partial charge is 0.371 e. The van der Waals surface area contributed by atoms with Gasteiger partial charge in [-0.15, -0.1) is 0 Å². The Bertz CT molecular complexity index is 539. The lowest BCUT2D eigenvalue weighted by Crippen LogP contribution is -2.38. The Hall–Kier alpha value is -1.55. The first kappa shape index (κ1) is 16.3. The molecule has 1 saturated heterocycles. The van der Waals surface area contributed by atoms with Gasteiger partial charge in [-0.1, -0.05) is 24.6 Å². The second kappa shape index (κ2) is 7.35. The van der Waals surface area contributed by atoms with Gasteiger partial charge in [0.15, 0.2) is 0 Å². The van der Waals surface area contributed by atoms with Crippen LogP contribution in [0.5, 0.6) is 0 Å². The average molecular weight is 315 g/mol. The van der Waals surface area contributed by atoms with Crippen LogP contribution in [0.4, 0.5) is 5.69 Å². The number of carbonyl (C=O) groups is 1. The van der Waals surface area contributed by atoms with Crippen molar-refractivity contribution in [3.8, 4) is 0 Å². The molecule has 1 heterocycles. The van der Waals surface area contributed by atoms with Gasteiger partial charge in [-0.2, -0.15) is 0 Å². The van der Waals surface area contributed by atoms with E-state index < -0.39 is 0 Å². The normalized spacial score (nSPS) is 24.7. The highest BCUT2D eigenvalue weighted by Gasteiger charge is 2.28. The molecule has 1 aliphatic carbocycles. The molecule has 126 valence electrons. The summed E-state index contributed by atoms with van der Waals surface area (Å²) < 4.78 is 0. The van der Waals surface area contributed by atoms with Crippen molar-refractivity contribution in [2.75, 3.05) is 25.0 Å². The molecule has 1 aromatic carbocycles. The molecular formula is C19H29N3O. The van der Waals surface area contributed by atoms with Crippen LogP contribution >= 0.6 is 0 Å². The molecule has 1 aromatic rings. The van der Waals surface area contributed by atoms with Crippen LogP contribution in [-0.4, -0.2) is 37.0 Å². The molecule has 4 heteroatoms. The molecule has 1 saturated carbocycles. The lowest BCUT2D eigenvalue weighted by molar-refractivity contribution is -0.135. The van der Waals surface area contributed by atoms with Crippen LogP contribution in [-0.2, 0) is 11.3 Å². The quantitative estimate of drug-likeness (QED) is 0.929. The summed E-state index contributed by atoms with van der Waals surface area (Å²) in [6.07, 6.45) is 6.51. The highest BCUT2D eigenvalue weighted by molar-refractivity contribution is 5.79. The monoisotopic (exact) mass is 315 g/mol. The first-order chi connectivity index (χ1) is 11.1. The van der Waals surface area contributed by atoms with Crippen molar-refractivity contribution in [2.45, 2.75) is 51.1 Å². The van der Waals surface area contributed by atoms with Crippen LogP contribution in [0, 0.1) is 5.92 Å². The maximum absolute atomic E-state index is 12.7. The fourth-order valence-corrected chi connectivity index (χ4v) is 4.01. The van der Waals surface area contributed by atoms with Crippen LogP contribution in [0.3, 0.4) is 0 Å². The predicted molar refractivity (Wildman–Crippen MR) is 94.3 cm³/mol. The van der Waals surface area contributed by atoms with Gasteiger partial charge in [-0.25, -0.2) is 0 Å². The first-order valence-corrected chi connectivity index (χ1v) is 8.98. The molecule has 4 nitrogen and oxygen atoms in total. The van der Waals surface area contributed by atoms with Crippen molar-refractivity contribution in [2.24, 2.45) is 11.7 Å². The average Bonchev–Trinajstić information content (AvgIpc) is 3.09. The lowest BCUT2D eigenvalue weighted by Gasteiger charge is -2.30. The first-order valence-electron chi connectivity index (χ1n) is 8.98. The molecular weight excluding hydrogens is 286 g/mol. The van der Waals surface area contributed by atoms with Gasteiger partial charge in [0.2, 0.25) is 5.91 Å². The van der Waals surface area contributed by atoms with E-state index in [1.54, 1.807) is 0 Å². The summed E-state index contributed by atoms with van der Waals surface area (Å²) in [5, 5.41) is 0. The molecule has 1 amide bonds. The van der Waals surface area contributed by atoms with Crippen molar-refractivity contribution in [3.63, 3.8) is 0 Å². The molecule has 0 aromatic heterocycles. The third-order valence-corrected chi connectivity index (χ3v) is 5.29. The van der Waals surface area contributed by atoms with Crippen molar-refractivity contribution in [1.82, 2.24) is 4.90 Å². The molecule has 2 N–H and O–H groups in total. The molecule has 1 aliphatic heterocycles. The Morgan fingerprint density at radius 3 is 2.70 bits per heavy atom. The maximum Gasteiger partial charge on any atom is 0.225 e. The number of benzene rings is 1. The SMILES string of the molecule is CN(Cc1ccccc1N1CCCC1)C(=O)[C@@H]1CCC[C@@H](N)C1. The van der Waals surface area contributed by atoms with E-state index in [9.17, 15) is 4.79 Å². The Balaban J connectivity index is 1.67. The van der Waals surface area contributed by atoms with Crippen molar-refractivity contribution in [3.05, 3.63) is 29.8 Å². The van der Waals surface area contributed by atoms with E-state index in [0.29, 0.717) is 6.54 Å². The minimum Gasteiger partial charge on any atom is -0.371 e. The molecule has 0 bridgehead atoms. The topological polar surface area (TPSA) is 49.6 Å². The van der Waals surface area contributed by atoms with Gasteiger partial charge < -0.3 is 15.5 Å². The molecule has 0 spiro atoms. The number of amides is 1. The van der Waals surface area contributed by atoms with E-state index in [4.69, 9.17) is 5.73 Å². The van der Waals surface area contributed by atoms with Gasteiger partial charge in [0.1, 0.15) is 0 Å². The number of carbonyl (C=O) groups excluding carboxylic acids is 1. The highest BCUT2D eigenvalue weighted by Crippen LogP contribution is 2.28. The minimum absolute atomic E-state index is 0.114. The molecule has 0 radical (unpaired) electrons. The summed E-state index contributed by atoms with van der Waals surface area (Å²) in [6, 6.07) is 8.71. The number of rotatable bonds is 4. The van der Waals surface area contributed by atoms with E-state index in [0.717, 1.165) is 38.8 Å². The number of nitrogens with two attached hydrogens (primary N) is 1. The number of anilines is 1. The minimum atomic E-state index is 0.114. The summed E-state index contributed by atoms with van der Waals surface area (Å²) in [5.74, 6) is 0.374. The lowest BCUT2D eigenvalue weighted by atomic mass is 9.85. The third-order valence-electron chi connectivity index (χ3n) is 5.29. The molecule has 2 fully saturated rings. The summed E-state index contributed by atoms with van der Waals surface area (Å²) in [4.78, 5) is 17.1. The van der Waals surface area contributed by atoms with Crippen LogP contribution in [0.2, 0.25) is 0 Å². The van der Waals surface area contributed by atoms with E-state index in [2.05, 4.69) is 29.2 Å². The fourth-order valence-electron chi connectivity index (χ4n) is 4.01. The highest BCUT2D eigenvalue weighted by atomic mass is 16.2. The molecule has 2 aliphatic rings. The smallest absolute Gasteiger partial charge is 0.225 e. The Kier molecular flexibility index (Phi) is 5.21. The van der Waals surface area contributed by atoms with Gasteiger partial charge in [0, 0.05) is 44.3 Å². The third kappa shape index (κ3) is 3.86. The van der Waals surface area contributed by atoms with Crippen LogP contribution < -0.4 is 10.6 Å². The number of para-hydroxylation sites is 1. The van der Waals surface area contributed by atoms with Gasteiger partial charge in [0.25, 0.3) is 0 Å². The summed E-state index contributed by atoms with van der Waals surface area (Å²) in [7, 11) is 1.93. The van der Waals surface area contributed by atoms with E-state index in [-0.39, 0.29) is 17.9 Å². The standard InChI is InChI=1S/C19H29N3O/c1-21(19(23)15-8-6-9-17(20)13-15)14-16-7-2-3-10-18(16)22-11-4-5-12-22/h2-3,7,10,15,17H,4-6,8-9,11-14,20H2,1H3/t15-,17-/m1/s1. The fraction of sp³-hybridized carbons (Fsp3) is 0.632. The van der Waals surface area contributed by atoms with Crippen LogP contribution in [0.15, 0.2) is 24.3 Å². The Labute approximate surface area is 139 Å². The zero-order valence-electron chi connectivity index (χ0n) is 14.2. The summed E-state index contributed by atoms with van der Waals surface area (Å²) in [6.45, 7) is 2.95. The van der Waals surface area contributed by atoms with Gasteiger partial charge in [0.05, 0.1) is 0 Å². The van der Waals surface area contributed by atoms with E-state index in [1.807, 2.05) is 11.9 Å². The summed E-state index contributed by atoms with van der Waals surface area (Å²) >= 11 is 0. The number of hydrogen-bond donors (Lipinski definition) is 1. The Morgan fingerprint density at radius 1 is 1.22 bits per heavy atom. The molecule has 23 heavy (non-hydrogen) atoms. The zero-order valence-corrected chi connectivity index (χ0v) is 14.2. The van der Waals surface area contributed by atoms with Crippen molar-refractivity contribution >= 4 is 11.6 Å². The van der Waals surface area contributed by atoms with Gasteiger partial charge in [-0.3, -0.25) is 4.79 Å². The van der Waals surface area contributed by atoms with E-state index in [1.165, 1.54) is 24.1 Å². The maximum atomic E-state index is 12.7. The molecule has 3 rings (SSSR count). The number of nitrogens with zero attached hydrogens (tertiary/aromatic N) is 2. The Morgan fingerprint density at radius 2 is 1.96 bits per heavy atom. The van der Waals surface area contributed by atoms with Crippen LogP contribution in [0.1, 0.15) is 44.1 Å². The van der Waals surface area contributed by atoms with Gasteiger partial charge in [-0.05, 0) is 43.7 Å². The van der Waals surface area contributed by atoms with E-state index >= 15 is 0 Å². The van der Waals surface area contributed by atoms with Crippen molar-refractivity contribution < 1.29 is 4.79 Å². The van der Waals surface area contributed by atoms with Crippen LogP contribution in [0.25, 0.3) is 0 Å². The zero-order chi connectivity index (χ0) is 16.2. The summed E-state index contributed by atoms with van der Waals surface area (Å²) in [5.41, 5.74) is 8.60. The number of hydrogen-bond acceptors (Lipinski definition) is 3. The predicted octanol–water partition coefficient (Wildman–Crippen LogP) is 2.76. The van der Waals surface area contributed by atoms with Crippen molar-refractivity contribution in [1.29, 1.82) is 0 Å². The second-order valence-electron chi connectivity index (χ2n) is 7.14.